The third-order valence-electron chi connectivity index (χ3n) is 4.21. The van der Waals surface area contributed by atoms with Crippen molar-refractivity contribution in [2.75, 3.05) is 7.11 Å². The van der Waals surface area contributed by atoms with Crippen LogP contribution in [0.4, 0.5) is 4.39 Å². The zero-order valence-corrected chi connectivity index (χ0v) is 14.8. The van der Waals surface area contributed by atoms with Gasteiger partial charge in [0.15, 0.2) is 4.96 Å². The molecular formula is C20H14FN3OS. The Kier molecular flexibility index (Phi) is 4.15. The summed E-state index contributed by atoms with van der Waals surface area (Å²) in [7, 11) is 1.62. The average Bonchev–Trinajstić information content (AvgIpc) is 3.23. The predicted octanol–water partition coefficient (Wildman–Crippen LogP) is 4.94. The highest BCUT2D eigenvalue weighted by atomic mass is 32.1. The van der Waals surface area contributed by atoms with Crippen molar-refractivity contribution >= 4 is 16.3 Å². The first kappa shape index (κ1) is 16.3. The number of nitrogens with zero attached hydrogens (tertiary/aromatic N) is 3. The molecule has 2 aromatic carbocycles. The Morgan fingerprint density at radius 3 is 2.46 bits per heavy atom. The van der Waals surface area contributed by atoms with Gasteiger partial charge in [-0.3, -0.25) is 4.40 Å². The van der Waals surface area contributed by atoms with Gasteiger partial charge in [0.05, 0.1) is 36.7 Å². The van der Waals surface area contributed by atoms with Crippen LogP contribution in [-0.4, -0.2) is 16.5 Å². The summed E-state index contributed by atoms with van der Waals surface area (Å²) >= 11 is 1.50. The van der Waals surface area contributed by atoms with E-state index in [9.17, 15) is 9.65 Å². The molecule has 2 heterocycles. The lowest BCUT2D eigenvalue weighted by Crippen LogP contribution is -1.95. The third kappa shape index (κ3) is 2.72. The molecule has 4 rings (SSSR count). The van der Waals surface area contributed by atoms with Crippen LogP contribution < -0.4 is 4.74 Å². The van der Waals surface area contributed by atoms with Crippen LogP contribution in [0.15, 0.2) is 53.9 Å². The number of imidazole rings is 1. The lowest BCUT2D eigenvalue weighted by molar-refractivity contribution is 0.415. The van der Waals surface area contributed by atoms with E-state index in [1.54, 1.807) is 19.2 Å². The summed E-state index contributed by atoms with van der Waals surface area (Å²) in [5.74, 6) is 0.491. The number of halogens is 1. The van der Waals surface area contributed by atoms with Crippen molar-refractivity contribution in [2.24, 2.45) is 0 Å². The van der Waals surface area contributed by atoms with E-state index in [1.165, 1.54) is 23.5 Å². The zero-order chi connectivity index (χ0) is 18.1. The van der Waals surface area contributed by atoms with Gasteiger partial charge in [-0.2, -0.15) is 5.26 Å². The molecule has 0 amide bonds. The molecule has 6 heteroatoms. The van der Waals surface area contributed by atoms with Crippen LogP contribution in [0.3, 0.4) is 0 Å². The van der Waals surface area contributed by atoms with E-state index < -0.39 is 0 Å². The van der Waals surface area contributed by atoms with Gasteiger partial charge < -0.3 is 4.74 Å². The van der Waals surface area contributed by atoms with Crippen LogP contribution in [0.25, 0.3) is 27.5 Å². The standard InChI is InChI=1S/C20H14FN3OS/c1-25-16-8-4-14(5-9-16)19-17(10-11-22)24-18(12-26-20(24)23-19)13-2-6-15(21)7-3-13/h2-9,12H,10H2,1H3. The van der Waals surface area contributed by atoms with Gasteiger partial charge in [-0.1, -0.05) is 0 Å². The summed E-state index contributed by atoms with van der Waals surface area (Å²) in [4.78, 5) is 5.54. The molecule has 4 aromatic rings. The minimum absolute atomic E-state index is 0.230. The second-order valence-electron chi connectivity index (χ2n) is 5.72. The number of thiazole rings is 1. The molecule has 0 fully saturated rings. The number of hydrogen-bond acceptors (Lipinski definition) is 4. The van der Waals surface area contributed by atoms with Crippen LogP contribution in [0.5, 0.6) is 5.75 Å². The van der Waals surface area contributed by atoms with E-state index in [2.05, 4.69) is 6.07 Å². The van der Waals surface area contributed by atoms with E-state index >= 15 is 0 Å². The van der Waals surface area contributed by atoms with Gasteiger partial charge in [-0.05, 0) is 54.1 Å². The van der Waals surface area contributed by atoms with Crippen molar-refractivity contribution < 1.29 is 9.13 Å². The fourth-order valence-electron chi connectivity index (χ4n) is 2.96. The maximum Gasteiger partial charge on any atom is 0.194 e. The highest BCUT2D eigenvalue weighted by Gasteiger charge is 2.18. The minimum atomic E-state index is -0.276. The first-order valence-corrected chi connectivity index (χ1v) is 8.85. The Hall–Kier alpha value is -3.17. The van der Waals surface area contributed by atoms with Crippen molar-refractivity contribution in [2.45, 2.75) is 6.42 Å². The van der Waals surface area contributed by atoms with Crippen molar-refractivity contribution in [3.8, 4) is 34.3 Å². The summed E-state index contributed by atoms with van der Waals surface area (Å²) < 4.78 is 20.5. The number of rotatable bonds is 4. The van der Waals surface area contributed by atoms with Crippen molar-refractivity contribution in [1.82, 2.24) is 9.38 Å². The molecule has 0 saturated carbocycles. The molecule has 0 aliphatic rings. The SMILES string of the molecule is COc1ccc(-c2nc3scc(-c4ccc(F)cc4)n3c2CC#N)cc1. The molecule has 0 saturated heterocycles. The number of methoxy groups -OCH3 is 1. The molecule has 0 radical (unpaired) electrons. The summed E-state index contributed by atoms with van der Waals surface area (Å²) in [5, 5.41) is 11.3. The quantitative estimate of drug-likeness (QED) is 0.516. The van der Waals surface area contributed by atoms with Crippen LogP contribution in [-0.2, 0) is 6.42 Å². The molecule has 0 atom stereocenters. The molecule has 4 nitrogen and oxygen atoms in total. The molecule has 0 aliphatic carbocycles. The second-order valence-corrected chi connectivity index (χ2v) is 6.55. The highest BCUT2D eigenvalue weighted by Crippen LogP contribution is 2.33. The molecule has 0 spiro atoms. The molecule has 0 aliphatic heterocycles. The molecule has 26 heavy (non-hydrogen) atoms. The number of hydrogen-bond donors (Lipinski definition) is 0. The highest BCUT2D eigenvalue weighted by molar-refractivity contribution is 7.15. The summed E-state index contributed by atoms with van der Waals surface area (Å²) in [6.45, 7) is 0. The van der Waals surface area contributed by atoms with Crippen LogP contribution in [0.2, 0.25) is 0 Å². The van der Waals surface area contributed by atoms with Crippen molar-refractivity contribution in [1.29, 1.82) is 5.26 Å². The Morgan fingerprint density at radius 2 is 1.81 bits per heavy atom. The topological polar surface area (TPSA) is 50.3 Å². The molecule has 128 valence electrons. The summed E-state index contributed by atoms with van der Waals surface area (Å²) in [5.41, 5.74) is 4.33. The van der Waals surface area contributed by atoms with E-state index in [4.69, 9.17) is 9.72 Å². The Bertz CT molecular complexity index is 1110. The monoisotopic (exact) mass is 363 g/mol. The molecule has 2 aromatic heterocycles. The van der Waals surface area contributed by atoms with Crippen molar-refractivity contribution in [3.05, 3.63) is 65.4 Å². The Balaban J connectivity index is 1.91. The van der Waals surface area contributed by atoms with Crippen molar-refractivity contribution in [3.63, 3.8) is 0 Å². The normalized spacial score (nSPS) is 10.8. The number of nitriles is 1. The van der Waals surface area contributed by atoms with Gasteiger partial charge in [0, 0.05) is 10.9 Å². The van der Waals surface area contributed by atoms with Gasteiger partial charge in [-0.25, -0.2) is 9.37 Å². The number of benzene rings is 2. The largest absolute Gasteiger partial charge is 0.497 e. The van der Waals surface area contributed by atoms with Gasteiger partial charge in [0.1, 0.15) is 11.6 Å². The van der Waals surface area contributed by atoms with Crippen LogP contribution in [0, 0.1) is 17.1 Å². The van der Waals surface area contributed by atoms with E-state index in [0.717, 1.165) is 38.9 Å². The number of fused-ring (bicyclic) bond motifs is 1. The molecule has 0 unspecified atom stereocenters. The van der Waals surface area contributed by atoms with E-state index in [-0.39, 0.29) is 12.2 Å². The van der Waals surface area contributed by atoms with Gasteiger partial charge >= 0.3 is 0 Å². The fraction of sp³-hybridized carbons (Fsp3) is 0.100. The maximum absolute atomic E-state index is 13.3. The van der Waals surface area contributed by atoms with Gasteiger partial charge in [-0.15, -0.1) is 11.3 Å². The summed E-state index contributed by atoms with van der Waals surface area (Å²) in [6.07, 6.45) is 0.230. The second kappa shape index (κ2) is 6.62. The first-order valence-electron chi connectivity index (χ1n) is 7.97. The average molecular weight is 363 g/mol. The van der Waals surface area contributed by atoms with Crippen LogP contribution >= 0.6 is 11.3 Å². The molecular weight excluding hydrogens is 349 g/mol. The first-order chi connectivity index (χ1) is 12.7. The lowest BCUT2D eigenvalue weighted by atomic mass is 10.1. The van der Waals surface area contributed by atoms with E-state index in [1.807, 2.05) is 34.0 Å². The number of ether oxygens (including phenoxy) is 1. The maximum atomic E-state index is 13.3. The molecule has 0 N–H and O–H groups in total. The zero-order valence-electron chi connectivity index (χ0n) is 13.9. The minimum Gasteiger partial charge on any atom is -0.497 e. The fourth-order valence-corrected chi connectivity index (χ4v) is 3.87. The Morgan fingerprint density at radius 1 is 1.12 bits per heavy atom. The molecule has 0 bridgehead atoms. The Labute approximate surface area is 153 Å². The summed E-state index contributed by atoms with van der Waals surface area (Å²) in [6, 6.07) is 16.2. The smallest absolute Gasteiger partial charge is 0.194 e. The van der Waals surface area contributed by atoms with Crippen LogP contribution in [0.1, 0.15) is 5.69 Å². The van der Waals surface area contributed by atoms with Gasteiger partial charge in [0.2, 0.25) is 0 Å². The lowest BCUT2D eigenvalue weighted by Gasteiger charge is -2.06. The van der Waals surface area contributed by atoms with E-state index in [0.29, 0.717) is 0 Å². The number of aromatic nitrogens is 2. The predicted molar refractivity (Wildman–Crippen MR) is 99.8 cm³/mol. The third-order valence-corrected chi connectivity index (χ3v) is 5.03. The van der Waals surface area contributed by atoms with Gasteiger partial charge in [0.25, 0.3) is 0 Å².